The van der Waals surface area contributed by atoms with E-state index in [0.717, 1.165) is 23.6 Å². The van der Waals surface area contributed by atoms with Crippen molar-refractivity contribution in [1.29, 1.82) is 0 Å². The van der Waals surface area contributed by atoms with Gasteiger partial charge >= 0.3 is 0 Å². The molecule has 0 amide bonds. The molecule has 2 aromatic rings. The van der Waals surface area contributed by atoms with E-state index in [1.807, 2.05) is 18.2 Å². The largest absolute Gasteiger partial charge is 0.457 e. The molecule has 3 rings (SSSR count). The van der Waals surface area contributed by atoms with Gasteiger partial charge < -0.3 is 4.74 Å². The zero-order valence-corrected chi connectivity index (χ0v) is 8.32. The van der Waals surface area contributed by atoms with E-state index in [-0.39, 0.29) is 5.60 Å². The molecule has 0 fully saturated rings. The van der Waals surface area contributed by atoms with Crippen molar-refractivity contribution in [2.45, 2.75) is 26.0 Å². The standard InChI is InChI=1S/C11H12N2O/c1-11(2)7-13-9-6-4-3-5-8(9)12-10(13)14-11/h3-6H,7H2,1-2H3. The lowest BCUT2D eigenvalue weighted by Crippen LogP contribution is -2.26. The van der Waals surface area contributed by atoms with E-state index in [9.17, 15) is 0 Å². The Labute approximate surface area is 82.3 Å². The van der Waals surface area contributed by atoms with Crippen molar-refractivity contribution in [3.63, 3.8) is 0 Å². The molecule has 1 aromatic heterocycles. The molecule has 1 aliphatic rings. The maximum atomic E-state index is 5.73. The van der Waals surface area contributed by atoms with Gasteiger partial charge in [-0.25, -0.2) is 0 Å². The van der Waals surface area contributed by atoms with Crippen molar-refractivity contribution in [2.75, 3.05) is 0 Å². The zero-order chi connectivity index (χ0) is 9.76. The third kappa shape index (κ3) is 0.953. The van der Waals surface area contributed by atoms with E-state index in [2.05, 4.69) is 29.5 Å². The molecule has 0 spiro atoms. The van der Waals surface area contributed by atoms with Gasteiger partial charge in [0, 0.05) is 0 Å². The number of hydrogen-bond donors (Lipinski definition) is 0. The Bertz CT molecular complexity index is 499. The highest BCUT2D eigenvalue weighted by molar-refractivity contribution is 5.76. The predicted molar refractivity (Wildman–Crippen MR) is 54.4 cm³/mol. The highest BCUT2D eigenvalue weighted by Gasteiger charge is 2.32. The summed E-state index contributed by atoms with van der Waals surface area (Å²) < 4.78 is 7.87. The summed E-state index contributed by atoms with van der Waals surface area (Å²) in [4.78, 5) is 4.43. The van der Waals surface area contributed by atoms with Crippen LogP contribution in [0.1, 0.15) is 13.8 Å². The van der Waals surface area contributed by atoms with Crippen LogP contribution < -0.4 is 4.74 Å². The number of nitrogens with zero attached hydrogens (tertiary/aromatic N) is 2. The average molecular weight is 188 g/mol. The van der Waals surface area contributed by atoms with Gasteiger partial charge in [0.2, 0.25) is 0 Å². The van der Waals surface area contributed by atoms with Crippen molar-refractivity contribution in [1.82, 2.24) is 9.55 Å². The SMILES string of the molecule is CC1(C)Cn2c(nc3ccccc32)O1. The van der Waals surface area contributed by atoms with Gasteiger partial charge in [-0.2, -0.15) is 4.98 Å². The molecule has 3 nitrogen and oxygen atoms in total. The summed E-state index contributed by atoms with van der Waals surface area (Å²) in [5.41, 5.74) is 2.05. The monoisotopic (exact) mass is 188 g/mol. The fourth-order valence-electron chi connectivity index (χ4n) is 1.94. The van der Waals surface area contributed by atoms with Gasteiger partial charge in [-0.3, -0.25) is 4.57 Å². The number of benzene rings is 1. The second kappa shape index (κ2) is 2.29. The van der Waals surface area contributed by atoms with Crippen LogP contribution in [-0.2, 0) is 6.54 Å². The molecule has 2 heterocycles. The van der Waals surface area contributed by atoms with E-state index in [1.165, 1.54) is 0 Å². The molecule has 0 aliphatic carbocycles. The van der Waals surface area contributed by atoms with Crippen LogP contribution in [0.15, 0.2) is 24.3 Å². The maximum Gasteiger partial charge on any atom is 0.298 e. The first-order chi connectivity index (χ1) is 6.66. The Morgan fingerprint density at radius 2 is 2.14 bits per heavy atom. The fraction of sp³-hybridized carbons (Fsp3) is 0.364. The lowest BCUT2D eigenvalue weighted by molar-refractivity contribution is 0.131. The van der Waals surface area contributed by atoms with Crippen molar-refractivity contribution in [3.05, 3.63) is 24.3 Å². The van der Waals surface area contributed by atoms with Crippen LogP contribution in [0.3, 0.4) is 0 Å². The topological polar surface area (TPSA) is 27.1 Å². The maximum absolute atomic E-state index is 5.73. The summed E-state index contributed by atoms with van der Waals surface area (Å²) in [7, 11) is 0. The highest BCUT2D eigenvalue weighted by Crippen LogP contribution is 2.32. The van der Waals surface area contributed by atoms with E-state index >= 15 is 0 Å². The molecule has 0 unspecified atom stereocenters. The summed E-state index contributed by atoms with van der Waals surface area (Å²) >= 11 is 0. The fourth-order valence-corrected chi connectivity index (χ4v) is 1.94. The molecule has 0 saturated heterocycles. The molecule has 0 N–H and O–H groups in total. The molecule has 1 aliphatic heterocycles. The second-order valence-corrected chi connectivity index (χ2v) is 4.33. The Morgan fingerprint density at radius 3 is 3.00 bits per heavy atom. The Kier molecular flexibility index (Phi) is 1.29. The van der Waals surface area contributed by atoms with E-state index in [1.54, 1.807) is 0 Å². The normalized spacial score (nSPS) is 18.1. The Morgan fingerprint density at radius 1 is 1.36 bits per heavy atom. The van der Waals surface area contributed by atoms with Gasteiger partial charge in [-0.15, -0.1) is 0 Å². The molecule has 1 aromatic carbocycles. The van der Waals surface area contributed by atoms with Crippen LogP contribution in [-0.4, -0.2) is 15.2 Å². The van der Waals surface area contributed by atoms with Gasteiger partial charge in [0.25, 0.3) is 6.01 Å². The first-order valence-electron chi connectivity index (χ1n) is 4.80. The average Bonchev–Trinajstić information content (AvgIpc) is 2.56. The van der Waals surface area contributed by atoms with Crippen molar-refractivity contribution in [2.24, 2.45) is 0 Å². The number of imidazole rings is 1. The van der Waals surface area contributed by atoms with Crippen LogP contribution in [0.5, 0.6) is 6.01 Å². The molecule has 72 valence electrons. The van der Waals surface area contributed by atoms with Crippen LogP contribution in [0.2, 0.25) is 0 Å². The lowest BCUT2D eigenvalue weighted by atomic mass is 10.1. The van der Waals surface area contributed by atoms with E-state index < -0.39 is 0 Å². The van der Waals surface area contributed by atoms with Gasteiger partial charge in [0.1, 0.15) is 5.60 Å². The van der Waals surface area contributed by atoms with Crippen LogP contribution >= 0.6 is 0 Å². The molecule has 3 heteroatoms. The first kappa shape index (κ1) is 7.85. The number of ether oxygens (including phenoxy) is 1. The zero-order valence-electron chi connectivity index (χ0n) is 8.32. The number of hydrogen-bond acceptors (Lipinski definition) is 2. The molecule has 0 atom stereocenters. The summed E-state index contributed by atoms with van der Waals surface area (Å²) in [6.45, 7) is 5.04. The minimum Gasteiger partial charge on any atom is -0.457 e. The van der Waals surface area contributed by atoms with Gasteiger partial charge in [-0.1, -0.05) is 12.1 Å². The summed E-state index contributed by atoms with van der Waals surface area (Å²) in [6.07, 6.45) is 0. The molecule has 0 bridgehead atoms. The molecule has 0 radical (unpaired) electrons. The third-order valence-corrected chi connectivity index (χ3v) is 2.53. The van der Waals surface area contributed by atoms with Crippen molar-refractivity contribution in [3.8, 4) is 6.01 Å². The van der Waals surface area contributed by atoms with Crippen molar-refractivity contribution >= 4 is 11.0 Å². The number of rotatable bonds is 0. The first-order valence-corrected chi connectivity index (χ1v) is 4.80. The summed E-state index contributed by atoms with van der Waals surface area (Å²) in [6, 6.07) is 8.86. The summed E-state index contributed by atoms with van der Waals surface area (Å²) in [5, 5.41) is 0. The minimum absolute atomic E-state index is 0.119. The predicted octanol–water partition coefficient (Wildman–Crippen LogP) is 2.21. The van der Waals surface area contributed by atoms with Crippen LogP contribution in [0.4, 0.5) is 0 Å². The molecular weight excluding hydrogens is 176 g/mol. The number of aromatic nitrogens is 2. The van der Waals surface area contributed by atoms with Gasteiger partial charge in [0.05, 0.1) is 17.6 Å². The van der Waals surface area contributed by atoms with Crippen molar-refractivity contribution < 1.29 is 4.74 Å². The van der Waals surface area contributed by atoms with E-state index in [0.29, 0.717) is 0 Å². The summed E-state index contributed by atoms with van der Waals surface area (Å²) in [5.74, 6) is 0. The Hall–Kier alpha value is -1.51. The Balaban J connectivity index is 2.26. The molecular formula is C11H12N2O. The number of para-hydroxylation sites is 2. The van der Waals surface area contributed by atoms with Gasteiger partial charge in [0.15, 0.2) is 0 Å². The smallest absolute Gasteiger partial charge is 0.298 e. The highest BCUT2D eigenvalue weighted by atomic mass is 16.5. The van der Waals surface area contributed by atoms with Crippen LogP contribution in [0.25, 0.3) is 11.0 Å². The lowest BCUT2D eigenvalue weighted by Gasteiger charge is -2.15. The van der Waals surface area contributed by atoms with Gasteiger partial charge in [-0.05, 0) is 26.0 Å². The quantitative estimate of drug-likeness (QED) is 0.633. The second-order valence-electron chi connectivity index (χ2n) is 4.33. The molecule has 0 saturated carbocycles. The molecule has 14 heavy (non-hydrogen) atoms. The minimum atomic E-state index is -0.119. The number of fused-ring (bicyclic) bond motifs is 3. The third-order valence-electron chi connectivity index (χ3n) is 2.53. The van der Waals surface area contributed by atoms with E-state index in [4.69, 9.17) is 4.74 Å². The van der Waals surface area contributed by atoms with Crippen LogP contribution in [0, 0.1) is 0 Å².